The number of ether oxygens (including phenoxy) is 1. The number of aromatic amines is 1. The van der Waals surface area contributed by atoms with Gasteiger partial charge in [0.25, 0.3) is 5.56 Å². The molecule has 0 fully saturated rings. The van der Waals surface area contributed by atoms with E-state index in [2.05, 4.69) is 4.98 Å². The number of unbranched alkanes of at least 4 members (excludes halogenated alkanes) is 1. The standard InChI is InChI=1S/C18H24ClFN4O3/c1-3-4-7-24-16(21)15(17(25)22-18(24)26)23(8-9-27-2)11-12-5-6-13(20)10-14(12)19/h5-6,10H,3-4,7-9,11,21H2,1-2H3,(H,22,25,26). The number of hydrogen-bond acceptors (Lipinski definition) is 5. The maximum absolute atomic E-state index is 13.3. The molecule has 0 aliphatic carbocycles. The molecule has 148 valence electrons. The Hall–Kier alpha value is -2.32. The highest BCUT2D eigenvalue weighted by molar-refractivity contribution is 6.31. The van der Waals surface area contributed by atoms with Gasteiger partial charge in [-0.05, 0) is 24.1 Å². The molecule has 3 N–H and O–H groups in total. The number of benzene rings is 1. The van der Waals surface area contributed by atoms with Gasteiger partial charge < -0.3 is 15.4 Å². The summed E-state index contributed by atoms with van der Waals surface area (Å²) < 4.78 is 19.8. The quantitative estimate of drug-likeness (QED) is 0.676. The highest BCUT2D eigenvalue weighted by Crippen LogP contribution is 2.23. The number of halogens is 2. The van der Waals surface area contributed by atoms with Crippen molar-refractivity contribution in [1.29, 1.82) is 0 Å². The second-order valence-electron chi connectivity index (χ2n) is 6.15. The second-order valence-corrected chi connectivity index (χ2v) is 6.56. The van der Waals surface area contributed by atoms with E-state index < -0.39 is 17.1 Å². The van der Waals surface area contributed by atoms with Crippen molar-refractivity contribution in [2.75, 3.05) is 30.9 Å². The molecule has 9 heteroatoms. The Labute approximate surface area is 161 Å². The number of anilines is 2. The van der Waals surface area contributed by atoms with Gasteiger partial charge in [-0.15, -0.1) is 0 Å². The lowest BCUT2D eigenvalue weighted by Crippen LogP contribution is -2.39. The topological polar surface area (TPSA) is 93.3 Å². The summed E-state index contributed by atoms with van der Waals surface area (Å²) in [5.74, 6) is -0.357. The van der Waals surface area contributed by atoms with Crippen LogP contribution < -0.4 is 21.9 Å². The van der Waals surface area contributed by atoms with Gasteiger partial charge in [0, 0.05) is 31.8 Å². The van der Waals surface area contributed by atoms with Gasteiger partial charge in [0.2, 0.25) is 0 Å². The van der Waals surface area contributed by atoms with Crippen LogP contribution in [-0.2, 0) is 17.8 Å². The number of aromatic nitrogens is 2. The fourth-order valence-corrected chi connectivity index (χ4v) is 2.98. The minimum absolute atomic E-state index is 0.0894. The van der Waals surface area contributed by atoms with Gasteiger partial charge in [-0.2, -0.15) is 0 Å². The Kier molecular flexibility index (Phi) is 7.44. The second kappa shape index (κ2) is 9.57. The third-order valence-electron chi connectivity index (χ3n) is 4.21. The summed E-state index contributed by atoms with van der Waals surface area (Å²) in [4.78, 5) is 28.6. The first-order valence-corrected chi connectivity index (χ1v) is 9.07. The summed E-state index contributed by atoms with van der Waals surface area (Å²) in [6.07, 6.45) is 1.62. The number of nitrogen functional groups attached to an aromatic ring is 1. The summed E-state index contributed by atoms with van der Waals surface area (Å²) in [7, 11) is 1.54. The van der Waals surface area contributed by atoms with Crippen LogP contribution in [-0.4, -0.2) is 29.8 Å². The van der Waals surface area contributed by atoms with Crippen molar-refractivity contribution in [3.63, 3.8) is 0 Å². The fraction of sp³-hybridized carbons (Fsp3) is 0.444. The lowest BCUT2D eigenvalue weighted by Gasteiger charge is -2.26. The van der Waals surface area contributed by atoms with Gasteiger partial charge in [-0.25, -0.2) is 9.18 Å². The highest BCUT2D eigenvalue weighted by atomic mass is 35.5. The Morgan fingerprint density at radius 1 is 1.37 bits per heavy atom. The molecule has 2 aromatic rings. The number of methoxy groups -OCH3 is 1. The molecule has 2 rings (SSSR count). The molecular weight excluding hydrogens is 375 g/mol. The summed E-state index contributed by atoms with van der Waals surface area (Å²) in [5, 5.41) is 0.242. The van der Waals surface area contributed by atoms with Crippen LogP contribution >= 0.6 is 11.6 Å². The SMILES string of the molecule is CCCCn1c(N)c(N(CCOC)Cc2ccc(F)cc2Cl)c(=O)[nH]c1=O. The van der Waals surface area contributed by atoms with E-state index in [4.69, 9.17) is 22.1 Å². The molecule has 27 heavy (non-hydrogen) atoms. The van der Waals surface area contributed by atoms with Crippen LogP contribution in [0.15, 0.2) is 27.8 Å². The summed E-state index contributed by atoms with van der Waals surface area (Å²) in [6.45, 7) is 3.27. The lowest BCUT2D eigenvalue weighted by atomic mass is 10.2. The van der Waals surface area contributed by atoms with Crippen molar-refractivity contribution >= 4 is 23.1 Å². The third kappa shape index (κ3) is 5.11. The van der Waals surface area contributed by atoms with E-state index in [1.54, 1.807) is 18.1 Å². The molecule has 0 aliphatic heterocycles. The molecule has 0 amide bonds. The van der Waals surface area contributed by atoms with Gasteiger partial charge in [-0.1, -0.05) is 31.0 Å². The molecule has 1 heterocycles. The van der Waals surface area contributed by atoms with Crippen LogP contribution in [0.1, 0.15) is 25.3 Å². The van der Waals surface area contributed by atoms with Crippen molar-refractivity contribution in [3.05, 3.63) is 55.4 Å². The van der Waals surface area contributed by atoms with Gasteiger partial charge >= 0.3 is 5.69 Å². The first-order chi connectivity index (χ1) is 12.9. The van der Waals surface area contributed by atoms with Crippen molar-refractivity contribution in [3.8, 4) is 0 Å². The predicted octanol–water partition coefficient (Wildman–Crippen LogP) is 2.36. The molecule has 0 atom stereocenters. The molecule has 0 spiro atoms. The first kappa shape index (κ1) is 21.0. The Bertz CT molecular complexity index is 897. The van der Waals surface area contributed by atoms with E-state index in [1.807, 2.05) is 6.92 Å². The van der Waals surface area contributed by atoms with Crippen LogP contribution in [0.5, 0.6) is 0 Å². The van der Waals surface area contributed by atoms with E-state index in [-0.39, 0.29) is 23.1 Å². The number of nitrogens with two attached hydrogens (primary N) is 1. The van der Waals surface area contributed by atoms with Crippen molar-refractivity contribution in [2.45, 2.75) is 32.9 Å². The van der Waals surface area contributed by atoms with Crippen LogP contribution in [0.3, 0.4) is 0 Å². The van der Waals surface area contributed by atoms with E-state index in [0.29, 0.717) is 25.3 Å². The Morgan fingerprint density at radius 3 is 2.74 bits per heavy atom. The zero-order valence-electron chi connectivity index (χ0n) is 15.4. The molecule has 1 aromatic carbocycles. The van der Waals surface area contributed by atoms with Crippen LogP contribution in [0.25, 0.3) is 0 Å². The van der Waals surface area contributed by atoms with Crippen molar-refractivity contribution in [1.82, 2.24) is 9.55 Å². The Morgan fingerprint density at radius 2 is 2.11 bits per heavy atom. The summed E-state index contributed by atoms with van der Waals surface area (Å²) in [6, 6.07) is 4.06. The highest BCUT2D eigenvalue weighted by Gasteiger charge is 2.20. The minimum Gasteiger partial charge on any atom is -0.383 e. The van der Waals surface area contributed by atoms with Gasteiger partial charge in [-0.3, -0.25) is 14.3 Å². The largest absolute Gasteiger partial charge is 0.383 e. The van der Waals surface area contributed by atoms with Crippen LogP contribution in [0, 0.1) is 5.82 Å². The molecule has 0 radical (unpaired) electrons. The zero-order chi connectivity index (χ0) is 20.0. The maximum Gasteiger partial charge on any atom is 0.330 e. The number of rotatable bonds is 9. The van der Waals surface area contributed by atoms with E-state index in [1.165, 1.54) is 16.7 Å². The zero-order valence-corrected chi connectivity index (χ0v) is 16.2. The average Bonchev–Trinajstić information content (AvgIpc) is 2.61. The minimum atomic E-state index is -0.584. The number of nitrogens with zero attached hydrogens (tertiary/aromatic N) is 2. The smallest absolute Gasteiger partial charge is 0.330 e. The van der Waals surface area contributed by atoms with Gasteiger partial charge in [0.05, 0.1) is 6.61 Å². The van der Waals surface area contributed by atoms with Crippen LogP contribution in [0.2, 0.25) is 5.02 Å². The average molecular weight is 399 g/mol. The molecule has 0 unspecified atom stereocenters. The molecule has 0 saturated carbocycles. The summed E-state index contributed by atoms with van der Waals surface area (Å²) >= 11 is 6.13. The number of nitrogens with one attached hydrogen (secondary N) is 1. The van der Waals surface area contributed by atoms with E-state index in [0.717, 1.165) is 12.8 Å². The summed E-state index contributed by atoms with van der Waals surface area (Å²) in [5.41, 5.74) is 5.85. The molecule has 7 nitrogen and oxygen atoms in total. The van der Waals surface area contributed by atoms with Crippen molar-refractivity contribution < 1.29 is 9.13 Å². The molecule has 1 aromatic heterocycles. The predicted molar refractivity (Wildman–Crippen MR) is 105 cm³/mol. The fourth-order valence-electron chi connectivity index (χ4n) is 2.75. The third-order valence-corrected chi connectivity index (χ3v) is 4.56. The Balaban J connectivity index is 2.49. The lowest BCUT2D eigenvalue weighted by molar-refractivity contribution is 0.205. The van der Waals surface area contributed by atoms with E-state index >= 15 is 0 Å². The normalized spacial score (nSPS) is 11.0. The monoisotopic (exact) mass is 398 g/mol. The van der Waals surface area contributed by atoms with Gasteiger partial charge in [0.15, 0.2) is 0 Å². The van der Waals surface area contributed by atoms with Gasteiger partial charge in [0.1, 0.15) is 17.3 Å². The number of hydrogen-bond donors (Lipinski definition) is 2. The van der Waals surface area contributed by atoms with Crippen LogP contribution in [0.4, 0.5) is 15.9 Å². The number of H-pyrrole nitrogens is 1. The van der Waals surface area contributed by atoms with E-state index in [9.17, 15) is 14.0 Å². The molecular formula is C18H24ClFN4O3. The first-order valence-electron chi connectivity index (χ1n) is 8.69. The molecule has 0 saturated heterocycles. The molecule has 0 aliphatic rings. The molecule has 0 bridgehead atoms. The maximum atomic E-state index is 13.3. The van der Waals surface area contributed by atoms with Crippen molar-refractivity contribution in [2.24, 2.45) is 0 Å².